The second kappa shape index (κ2) is 4.78. The second-order valence-electron chi connectivity index (χ2n) is 3.72. The van der Waals surface area contributed by atoms with E-state index in [4.69, 9.17) is 4.74 Å². The Morgan fingerprint density at radius 1 is 1.41 bits per heavy atom. The van der Waals surface area contributed by atoms with Crippen molar-refractivity contribution in [1.82, 2.24) is 4.98 Å². The Hall–Kier alpha value is -2.16. The van der Waals surface area contributed by atoms with Crippen LogP contribution in [0.15, 0.2) is 43.0 Å². The fraction of sp³-hybridized carbons (Fsp3) is 0.143. The molecule has 0 saturated heterocycles. The molecule has 0 aliphatic carbocycles. The predicted molar refractivity (Wildman–Crippen MR) is 67.0 cm³/mol. The van der Waals surface area contributed by atoms with E-state index >= 15 is 0 Å². The summed E-state index contributed by atoms with van der Waals surface area (Å²) in [6.45, 7) is 5.06. The maximum Gasteiger partial charge on any atom is 0.308 e. The lowest BCUT2D eigenvalue weighted by Gasteiger charge is -2.06. The van der Waals surface area contributed by atoms with Crippen molar-refractivity contribution in [2.24, 2.45) is 0 Å². The number of hydrogen-bond donors (Lipinski definition) is 0. The molecule has 2 rings (SSSR count). The van der Waals surface area contributed by atoms with E-state index in [0.717, 1.165) is 11.1 Å². The van der Waals surface area contributed by atoms with Crippen molar-refractivity contribution in [3.05, 3.63) is 48.7 Å². The van der Waals surface area contributed by atoms with Crippen molar-refractivity contribution < 1.29 is 9.53 Å². The molecule has 0 aliphatic heterocycles. The highest BCUT2D eigenvalue weighted by Crippen LogP contribution is 2.24. The number of hydrogen-bond acceptors (Lipinski definition) is 3. The zero-order valence-electron chi connectivity index (χ0n) is 9.64. The van der Waals surface area contributed by atoms with E-state index in [0.29, 0.717) is 17.7 Å². The van der Waals surface area contributed by atoms with E-state index in [-0.39, 0.29) is 5.97 Å². The number of nitrogens with zero attached hydrogens (tertiary/aromatic N) is 1. The minimum absolute atomic E-state index is 0.339. The SMILES string of the molecule is C=CCc1ccc2cccc(OC(C)=O)c2n1. The number of ether oxygens (including phenoxy) is 1. The zero-order chi connectivity index (χ0) is 12.3. The number of carbonyl (C=O) groups is 1. The van der Waals surface area contributed by atoms with Crippen molar-refractivity contribution in [2.75, 3.05) is 0 Å². The summed E-state index contributed by atoms with van der Waals surface area (Å²) < 4.78 is 5.13. The third kappa shape index (κ3) is 2.50. The highest BCUT2D eigenvalue weighted by Gasteiger charge is 2.06. The minimum Gasteiger partial charge on any atom is -0.424 e. The Morgan fingerprint density at radius 2 is 2.24 bits per heavy atom. The Kier molecular flexibility index (Phi) is 3.19. The van der Waals surface area contributed by atoms with Crippen LogP contribution in [0.1, 0.15) is 12.6 Å². The quantitative estimate of drug-likeness (QED) is 0.460. The van der Waals surface area contributed by atoms with Gasteiger partial charge in [-0.05, 0) is 12.1 Å². The molecular weight excluding hydrogens is 214 g/mol. The molecule has 3 heteroatoms. The van der Waals surface area contributed by atoms with Gasteiger partial charge < -0.3 is 4.74 Å². The Bertz CT molecular complexity index is 575. The van der Waals surface area contributed by atoms with Gasteiger partial charge in [-0.15, -0.1) is 6.58 Å². The molecular formula is C14H13NO2. The molecule has 86 valence electrons. The summed E-state index contributed by atoms with van der Waals surface area (Å²) in [5.74, 6) is 0.161. The van der Waals surface area contributed by atoms with E-state index in [1.165, 1.54) is 6.92 Å². The highest BCUT2D eigenvalue weighted by atomic mass is 16.5. The first-order valence-electron chi connectivity index (χ1n) is 5.38. The fourth-order valence-electron chi connectivity index (χ4n) is 1.66. The third-order valence-electron chi connectivity index (χ3n) is 2.35. The van der Waals surface area contributed by atoms with Gasteiger partial charge in [0.1, 0.15) is 5.52 Å². The van der Waals surface area contributed by atoms with Gasteiger partial charge in [0.2, 0.25) is 0 Å². The lowest BCUT2D eigenvalue weighted by Crippen LogP contribution is -2.02. The van der Waals surface area contributed by atoms with Gasteiger partial charge in [-0.2, -0.15) is 0 Å². The molecule has 0 radical (unpaired) electrons. The molecule has 0 saturated carbocycles. The number of carbonyl (C=O) groups excluding carboxylic acids is 1. The van der Waals surface area contributed by atoms with Gasteiger partial charge in [-0.1, -0.05) is 24.3 Å². The van der Waals surface area contributed by atoms with Gasteiger partial charge in [0.05, 0.1) is 0 Å². The zero-order valence-corrected chi connectivity index (χ0v) is 9.64. The van der Waals surface area contributed by atoms with E-state index in [9.17, 15) is 4.79 Å². The van der Waals surface area contributed by atoms with Crippen LogP contribution in [0.5, 0.6) is 5.75 Å². The highest BCUT2D eigenvalue weighted by molar-refractivity contribution is 5.86. The maximum absolute atomic E-state index is 11.0. The summed E-state index contributed by atoms with van der Waals surface area (Å²) in [5, 5.41) is 0.955. The molecule has 1 aromatic carbocycles. The molecule has 0 atom stereocenters. The first kappa shape index (κ1) is 11.3. The normalized spacial score (nSPS) is 10.2. The predicted octanol–water partition coefficient (Wildman–Crippen LogP) is 2.89. The van der Waals surface area contributed by atoms with Crippen LogP contribution in [0.4, 0.5) is 0 Å². The number of pyridine rings is 1. The van der Waals surface area contributed by atoms with Gasteiger partial charge in [-0.25, -0.2) is 4.98 Å². The molecule has 0 spiro atoms. The van der Waals surface area contributed by atoms with Crippen molar-refractivity contribution in [1.29, 1.82) is 0 Å². The van der Waals surface area contributed by atoms with Gasteiger partial charge >= 0.3 is 5.97 Å². The van der Waals surface area contributed by atoms with Crippen LogP contribution in [0.2, 0.25) is 0 Å². The molecule has 3 nitrogen and oxygen atoms in total. The summed E-state index contributed by atoms with van der Waals surface area (Å²) >= 11 is 0. The van der Waals surface area contributed by atoms with E-state index in [2.05, 4.69) is 11.6 Å². The number of aromatic nitrogens is 1. The molecule has 0 unspecified atom stereocenters. The molecule has 1 heterocycles. The Morgan fingerprint density at radius 3 is 2.94 bits per heavy atom. The molecule has 17 heavy (non-hydrogen) atoms. The standard InChI is InChI=1S/C14H13NO2/c1-3-5-12-9-8-11-6-4-7-13(14(11)15-12)17-10(2)16/h3-4,6-9H,1,5H2,2H3. The first-order chi connectivity index (χ1) is 8.20. The number of rotatable bonds is 3. The van der Waals surface area contributed by atoms with Crippen LogP contribution in [-0.4, -0.2) is 11.0 Å². The average Bonchev–Trinajstić information content (AvgIpc) is 2.29. The van der Waals surface area contributed by atoms with Crippen LogP contribution >= 0.6 is 0 Å². The lowest BCUT2D eigenvalue weighted by atomic mass is 10.1. The molecule has 2 aromatic rings. The van der Waals surface area contributed by atoms with E-state index < -0.39 is 0 Å². The molecule has 0 fully saturated rings. The third-order valence-corrected chi connectivity index (χ3v) is 2.35. The summed E-state index contributed by atoms with van der Waals surface area (Å²) in [7, 11) is 0. The second-order valence-corrected chi connectivity index (χ2v) is 3.72. The molecule has 0 aliphatic rings. The van der Waals surface area contributed by atoms with Gasteiger partial charge in [0.25, 0.3) is 0 Å². The van der Waals surface area contributed by atoms with Crippen molar-refractivity contribution in [3.8, 4) is 5.75 Å². The Balaban J connectivity index is 2.54. The number of benzene rings is 1. The topological polar surface area (TPSA) is 39.2 Å². The average molecular weight is 227 g/mol. The first-order valence-corrected chi connectivity index (χ1v) is 5.38. The van der Waals surface area contributed by atoms with Crippen molar-refractivity contribution >= 4 is 16.9 Å². The fourth-order valence-corrected chi connectivity index (χ4v) is 1.66. The van der Waals surface area contributed by atoms with Crippen LogP contribution in [0.3, 0.4) is 0 Å². The van der Waals surface area contributed by atoms with Crippen LogP contribution < -0.4 is 4.74 Å². The minimum atomic E-state index is -0.339. The van der Waals surface area contributed by atoms with Crippen LogP contribution in [0.25, 0.3) is 10.9 Å². The molecule has 0 N–H and O–H groups in total. The lowest BCUT2D eigenvalue weighted by molar-refractivity contribution is -0.131. The number of para-hydroxylation sites is 1. The summed E-state index contributed by atoms with van der Waals surface area (Å²) in [4.78, 5) is 15.5. The summed E-state index contributed by atoms with van der Waals surface area (Å²) in [6.07, 6.45) is 2.49. The molecule has 0 amide bonds. The Labute approximate surface area is 99.7 Å². The van der Waals surface area contributed by atoms with E-state index in [1.54, 1.807) is 12.1 Å². The van der Waals surface area contributed by atoms with Crippen molar-refractivity contribution in [3.63, 3.8) is 0 Å². The van der Waals surface area contributed by atoms with Crippen LogP contribution in [0, 0.1) is 0 Å². The molecule has 0 bridgehead atoms. The number of esters is 1. The summed E-state index contributed by atoms with van der Waals surface area (Å²) in [5.41, 5.74) is 1.62. The monoisotopic (exact) mass is 227 g/mol. The molecule has 1 aromatic heterocycles. The van der Waals surface area contributed by atoms with Crippen LogP contribution in [-0.2, 0) is 11.2 Å². The largest absolute Gasteiger partial charge is 0.424 e. The van der Waals surface area contributed by atoms with Crippen molar-refractivity contribution in [2.45, 2.75) is 13.3 Å². The van der Waals surface area contributed by atoms with E-state index in [1.807, 2.05) is 24.3 Å². The van der Waals surface area contributed by atoms with Gasteiger partial charge in [-0.3, -0.25) is 4.79 Å². The maximum atomic E-state index is 11.0. The summed E-state index contributed by atoms with van der Waals surface area (Å²) in [6, 6.07) is 9.44. The smallest absolute Gasteiger partial charge is 0.308 e. The number of allylic oxidation sites excluding steroid dienone is 1. The van der Waals surface area contributed by atoms with Gasteiger partial charge in [0, 0.05) is 24.4 Å². The number of fused-ring (bicyclic) bond motifs is 1. The van der Waals surface area contributed by atoms with Gasteiger partial charge in [0.15, 0.2) is 5.75 Å².